The molecule has 6 nitrogen and oxygen atoms in total. The maximum Gasteiger partial charge on any atom is 0.240 e. The first-order chi connectivity index (χ1) is 12.1. The Kier molecular flexibility index (Phi) is 4.58. The molecule has 138 valence electrons. The molecule has 1 saturated heterocycles. The van der Waals surface area contributed by atoms with Crippen LogP contribution in [0.4, 0.5) is 0 Å². The second kappa shape index (κ2) is 6.72. The molecule has 6 heteroatoms. The van der Waals surface area contributed by atoms with Crippen LogP contribution in [-0.2, 0) is 16.8 Å². The summed E-state index contributed by atoms with van der Waals surface area (Å²) in [5.41, 5.74) is 2.24. The molecule has 3 heterocycles. The minimum Gasteiger partial charge on any atom is -0.348 e. The Hall–Kier alpha value is -1.40. The molecule has 0 aromatic carbocycles. The summed E-state index contributed by atoms with van der Waals surface area (Å²) < 4.78 is 0. The van der Waals surface area contributed by atoms with Crippen LogP contribution < -0.4 is 5.32 Å². The molecule has 2 aliphatic heterocycles. The molecule has 4 rings (SSSR count). The number of nitrogens with one attached hydrogen (secondary N) is 2. The van der Waals surface area contributed by atoms with E-state index in [4.69, 9.17) is 0 Å². The first kappa shape index (κ1) is 17.0. The van der Waals surface area contributed by atoms with Gasteiger partial charge in [-0.1, -0.05) is 19.3 Å². The molecule has 1 aromatic heterocycles. The number of imidazole rings is 1. The number of carbonyl (C=O) groups is 1. The summed E-state index contributed by atoms with van der Waals surface area (Å²) in [6.45, 7) is 8.11. The maximum atomic E-state index is 13.2. The van der Waals surface area contributed by atoms with E-state index < -0.39 is 0 Å². The molecule has 1 aromatic rings. The standard InChI is InChI=1S/C19H31N5O/c1-14(2)23-8-10-24(11-9-23)18(25)16-12-15-17(21-13-20-15)19(22-16)6-4-3-5-7-19/h13-14,16,22H,3-12H2,1-2H3,(H,20,21)/t16-/m0/s1. The lowest BCUT2D eigenvalue weighted by Crippen LogP contribution is -2.61. The van der Waals surface area contributed by atoms with Gasteiger partial charge in [-0.3, -0.25) is 15.0 Å². The molecule has 1 amide bonds. The fourth-order valence-corrected chi connectivity index (χ4v) is 4.91. The van der Waals surface area contributed by atoms with E-state index in [-0.39, 0.29) is 17.5 Å². The van der Waals surface area contributed by atoms with Crippen LogP contribution in [0.15, 0.2) is 6.33 Å². The molecule has 0 bridgehead atoms. The number of carbonyl (C=O) groups excluding carboxylic acids is 1. The minimum atomic E-state index is -0.114. The number of rotatable bonds is 2. The van der Waals surface area contributed by atoms with Crippen molar-refractivity contribution >= 4 is 5.91 Å². The van der Waals surface area contributed by atoms with Crippen molar-refractivity contribution in [2.24, 2.45) is 0 Å². The molecule has 1 saturated carbocycles. The molecule has 1 spiro atoms. The topological polar surface area (TPSA) is 64.3 Å². The number of H-pyrrole nitrogens is 1. The lowest BCUT2D eigenvalue weighted by molar-refractivity contribution is -0.136. The summed E-state index contributed by atoms with van der Waals surface area (Å²) in [6, 6.07) is 0.444. The van der Waals surface area contributed by atoms with Gasteiger partial charge in [0.1, 0.15) is 0 Å². The largest absolute Gasteiger partial charge is 0.348 e. The Morgan fingerprint density at radius 2 is 1.92 bits per heavy atom. The predicted octanol–water partition coefficient (Wildman–Crippen LogP) is 1.64. The van der Waals surface area contributed by atoms with Crippen LogP contribution in [0.3, 0.4) is 0 Å². The number of piperazine rings is 1. The van der Waals surface area contributed by atoms with Gasteiger partial charge >= 0.3 is 0 Å². The van der Waals surface area contributed by atoms with Crippen molar-refractivity contribution in [3.8, 4) is 0 Å². The van der Waals surface area contributed by atoms with E-state index in [2.05, 4.69) is 38.9 Å². The second-order valence-corrected chi connectivity index (χ2v) is 8.23. The quantitative estimate of drug-likeness (QED) is 0.855. The van der Waals surface area contributed by atoms with Gasteiger partial charge in [-0.05, 0) is 26.7 Å². The first-order valence-corrected chi connectivity index (χ1v) is 9.92. The van der Waals surface area contributed by atoms with E-state index in [1.54, 1.807) is 6.33 Å². The first-order valence-electron chi connectivity index (χ1n) is 9.92. The highest BCUT2D eigenvalue weighted by molar-refractivity contribution is 5.83. The maximum absolute atomic E-state index is 13.2. The Labute approximate surface area is 150 Å². The van der Waals surface area contributed by atoms with Crippen LogP contribution in [0.1, 0.15) is 57.3 Å². The third kappa shape index (κ3) is 3.10. The normalized spacial score (nSPS) is 26.8. The summed E-state index contributed by atoms with van der Waals surface area (Å²) in [5.74, 6) is 0.272. The van der Waals surface area contributed by atoms with Crippen molar-refractivity contribution in [1.82, 2.24) is 25.1 Å². The highest BCUT2D eigenvalue weighted by Crippen LogP contribution is 2.40. The minimum absolute atomic E-state index is 0.0914. The lowest BCUT2D eigenvalue weighted by Gasteiger charge is -2.45. The number of hydrogen-bond donors (Lipinski definition) is 2. The van der Waals surface area contributed by atoms with Crippen molar-refractivity contribution in [2.75, 3.05) is 26.2 Å². The van der Waals surface area contributed by atoms with E-state index in [9.17, 15) is 4.79 Å². The average Bonchev–Trinajstić information content (AvgIpc) is 3.11. The Morgan fingerprint density at radius 1 is 1.20 bits per heavy atom. The van der Waals surface area contributed by atoms with Crippen molar-refractivity contribution < 1.29 is 4.79 Å². The third-order valence-electron chi connectivity index (χ3n) is 6.39. The number of hydrogen-bond acceptors (Lipinski definition) is 4. The molecule has 3 aliphatic rings. The zero-order chi connectivity index (χ0) is 17.4. The summed E-state index contributed by atoms with van der Waals surface area (Å²) >= 11 is 0. The second-order valence-electron chi connectivity index (χ2n) is 8.23. The van der Waals surface area contributed by atoms with E-state index in [0.717, 1.165) is 45.4 Å². The van der Waals surface area contributed by atoms with Gasteiger partial charge in [0.2, 0.25) is 5.91 Å². The Morgan fingerprint density at radius 3 is 2.60 bits per heavy atom. The number of aromatic amines is 1. The van der Waals surface area contributed by atoms with E-state index in [1.807, 2.05) is 0 Å². The molecule has 1 aliphatic carbocycles. The van der Waals surface area contributed by atoms with Crippen LogP contribution in [0.2, 0.25) is 0 Å². The van der Waals surface area contributed by atoms with Gasteiger partial charge < -0.3 is 9.88 Å². The van der Waals surface area contributed by atoms with Crippen molar-refractivity contribution in [3.05, 3.63) is 17.7 Å². The highest BCUT2D eigenvalue weighted by atomic mass is 16.2. The Balaban J connectivity index is 1.49. The van der Waals surface area contributed by atoms with Crippen LogP contribution in [0.25, 0.3) is 0 Å². The van der Waals surface area contributed by atoms with Crippen molar-refractivity contribution in [3.63, 3.8) is 0 Å². The van der Waals surface area contributed by atoms with E-state index in [1.165, 1.54) is 30.7 Å². The lowest BCUT2D eigenvalue weighted by atomic mass is 9.75. The van der Waals surface area contributed by atoms with Crippen LogP contribution in [0, 0.1) is 0 Å². The summed E-state index contributed by atoms with van der Waals surface area (Å²) in [4.78, 5) is 25.6. The van der Waals surface area contributed by atoms with Gasteiger partial charge in [0, 0.05) is 44.3 Å². The molecular formula is C19H31N5O. The smallest absolute Gasteiger partial charge is 0.240 e. The van der Waals surface area contributed by atoms with Gasteiger partial charge in [0.15, 0.2) is 0 Å². The Bertz CT molecular complexity index is 611. The monoisotopic (exact) mass is 345 g/mol. The van der Waals surface area contributed by atoms with Crippen molar-refractivity contribution in [2.45, 2.75) is 70.0 Å². The molecule has 2 N–H and O–H groups in total. The number of aromatic nitrogens is 2. The van der Waals surface area contributed by atoms with E-state index in [0.29, 0.717) is 6.04 Å². The number of fused-ring (bicyclic) bond motifs is 2. The number of nitrogens with zero attached hydrogens (tertiary/aromatic N) is 3. The van der Waals surface area contributed by atoms with Gasteiger partial charge in [-0.15, -0.1) is 0 Å². The molecular weight excluding hydrogens is 314 g/mol. The summed E-state index contributed by atoms with van der Waals surface area (Å²) in [6.07, 6.45) is 8.45. The predicted molar refractivity (Wildman–Crippen MR) is 97.3 cm³/mol. The zero-order valence-electron chi connectivity index (χ0n) is 15.6. The fraction of sp³-hybridized carbons (Fsp3) is 0.789. The fourth-order valence-electron chi connectivity index (χ4n) is 4.91. The van der Waals surface area contributed by atoms with Crippen LogP contribution >= 0.6 is 0 Å². The van der Waals surface area contributed by atoms with Gasteiger partial charge in [-0.25, -0.2) is 4.98 Å². The molecule has 1 atom stereocenters. The average molecular weight is 345 g/mol. The SMILES string of the molecule is CC(C)N1CCN(C(=O)[C@@H]2Cc3[nH]cnc3C3(CCCCC3)N2)CC1. The zero-order valence-corrected chi connectivity index (χ0v) is 15.6. The van der Waals surface area contributed by atoms with Gasteiger partial charge in [0.05, 0.1) is 23.6 Å². The van der Waals surface area contributed by atoms with Gasteiger partial charge in [0.25, 0.3) is 0 Å². The van der Waals surface area contributed by atoms with Crippen molar-refractivity contribution in [1.29, 1.82) is 0 Å². The molecule has 2 fully saturated rings. The summed E-state index contributed by atoms with van der Waals surface area (Å²) in [7, 11) is 0. The van der Waals surface area contributed by atoms with Crippen LogP contribution in [-0.4, -0.2) is 63.9 Å². The molecule has 25 heavy (non-hydrogen) atoms. The summed E-state index contributed by atoms with van der Waals surface area (Å²) in [5, 5.41) is 3.75. The van der Waals surface area contributed by atoms with Crippen LogP contribution in [0.5, 0.6) is 0 Å². The molecule has 0 radical (unpaired) electrons. The van der Waals surface area contributed by atoms with Gasteiger partial charge in [-0.2, -0.15) is 0 Å². The highest BCUT2D eigenvalue weighted by Gasteiger charge is 2.45. The number of amides is 1. The molecule has 0 unspecified atom stereocenters. The third-order valence-corrected chi connectivity index (χ3v) is 6.39. The van der Waals surface area contributed by atoms with E-state index >= 15 is 0 Å².